The van der Waals surface area contributed by atoms with Crippen LogP contribution in [-0.4, -0.2) is 57.0 Å². The molecule has 250 valence electrons. The van der Waals surface area contributed by atoms with Gasteiger partial charge in [-0.05, 0) is 84.0 Å². The summed E-state index contributed by atoms with van der Waals surface area (Å²) in [5.41, 5.74) is 5.32. The quantitative estimate of drug-likeness (QED) is 0.0530. The van der Waals surface area contributed by atoms with E-state index in [0.29, 0.717) is 56.5 Å². The third-order valence-electron chi connectivity index (χ3n) is 6.75. The molecule has 2 amide bonds. The van der Waals surface area contributed by atoms with Gasteiger partial charge in [-0.15, -0.1) is 0 Å². The normalized spacial score (nSPS) is 15.1. The molecule has 4 N–H and O–H groups in total. The molecule has 1 aliphatic heterocycles. The summed E-state index contributed by atoms with van der Waals surface area (Å²) in [6.07, 6.45) is 0.351. The molecule has 4 rings (SSSR count). The first-order chi connectivity index (χ1) is 22.5. The predicted molar refractivity (Wildman–Crippen MR) is 185 cm³/mol. The summed E-state index contributed by atoms with van der Waals surface area (Å²) in [7, 11) is 2.81. The molecule has 2 atom stereocenters. The molecule has 0 fully saturated rings. The zero-order valence-corrected chi connectivity index (χ0v) is 29.5. The number of halogens is 3. The number of hydrogen-bond acceptors (Lipinski definition) is 10. The fraction of sp³-hybridized carbons (Fsp3) is 0.281. The Kier molecular flexibility index (Phi) is 12.8. The highest BCUT2D eigenvalue weighted by Crippen LogP contribution is 2.36. The lowest BCUT2D eigenvalue weighted by molar-refractivity contribution is -0.136. The van der Waals surface area contributed by atoms with Gasteiger partial charge in [-0.25, -0.2) is 9.59 Å². The first-order valence-corrected chi connectivity index (χ1v) is 16.0. The monoisotopic (exact) mass is 798 g/mol. The van der Waals surface area contributed by atoms with E-state index in [1.54, 1.807) is 49.4 Å². The highest BCUT2D eigenvalue weighted by molar-refractivity contribution is 14.1. The van der Waals surface area contributed by atoms with Gasteiger partial charge in [0.2, 0.25) is 0 Å². The molecule has 0 aliphatic carbocycles. The molecule has 0 saturated heterocycles. The second kappa shape index (κ2) is 16.8. The van der Waals surface area contributed by atoms with Crippen molar-refractivity contribution >= 4 is 64.0 Å². The summed E-state index contributed by atoms with van der Waals surface area (Å²) in [5, 5.41) is 21.0. The van der Waals surface area contributed by atoms with Crippen molar-refractivity contribution in [1.29, 1.82) is 0 Å². The lowest BCUT2D eigenvalue weighted by atomic mass is 9.95. The summed E-state index contributed by atoms with van der Waals surface area (Å²) < 4.78 is 28.8. The van der Waals surface area contributed by atoms with Crippen molar-refractivity contribution in [2.24, 2.45) is 5.10 Å². The predicted octanol–water partition coefficient (Wildman–Crippen LogP) is 5.71. The first kappa shape index (κ1) is 35.9. The van der Waals surface area contributed by atoms with Crippen molar-refractivity contribution in [3.05, 3.63) is 90.1 Å². The molecule has 3 aromatic rings. The third kappa shape index (κ3) is 9.34. The maximum absolute atomic E-state index is 12.5. The number of carbonyl (C=O) groups excluding carboxylic acids is 2. The molecule has 1 aliphatic rings. The van der Waals surface area contributed by atoms with E-state index in [4.69, 9.17) is 46.9 Å². The van der Waals surface area contributed by atoms with Gasteiger partial charge in [0.1, 0.15) is 13.2 Å². The summed E-state index contributed by atoms with van der Waals surface area (Å²) >= 11 is 14.4. The minimum absolute atomic E-state index is 0.172. The van der Waals surface area contributed by atoms with Crippen LogP contribution in [0.3, 0.4) is 0 Å². The van der Waals surface area contributed by atoms with Crippen LogP contribution in [0.5, 0.6) is 23.0 Å². The van der Waals surface area contributed by atoms with Crippen LogP contribution >= 0.6 is 45.8 Å². The van der Waals surface area contributed by atoms with Gasteiger partial charge in [-0.1, -0.05) is 35.3 Å². The molecule has 12 nitrogen and oxygen atoms in total. The lowest BCUT2D eigenvalue weighted by Gasteiger charge is -2.28. The van der Waals surface area contributed by atoms with Gasteiger partial charge in [0, 0.05) is 21.3 Å². The van der Waals surface area contributed by atoms with Crippen molar-refractivity contribution in [3.8, 4) is 23.0 Å². The standard InChI is InChI=1S/C32H33Cl2IN4O8/c1-5-45-25-12-19(29-28(31(41)44-4)17(2)37-32(42)38-29)7-9-24(25)46-16-27(40)39-36-14-18-10-23(35)30(26(11-18)43-3)47-15-20-6-8-21(33)13-22(20)34/h6-14,27,29,39-40H,5,15-16H2,1-4H3,(H2,37,38,42)/b36-14-/t27-,29+/m1/s1. The molecule has 0 aromatic heterocycles. The van der Waals surface area contributed by atoms with Crippen LogP contribution < -0.4 is 35.0 Å². The van der Waals surface area contributed by atoms with E-state index >= 15 is 0 Å². The van der Waals surface area contributed by atoms with Crippen LogP contribution in [0.15, 0.2) is 64.9 Å². The molecule has 3 aromatic carbocycles. The Morgan fingerprint density at radius 2 is 1.87 bits per heavy atom. The maximum atomic E-state index is 12.5. The topological polar surface area (TPSA) is 149 Å². The summed E-state index contributed by atoms with van der Waals surface area (Å²) in [4.78, 5) is 24.6. The number of methoxy groups -OCH3 is 2. The largest absolute Gasteiger partial charge is 0.493 e. The number of nitrogens with zero attached hydrogens (tertiary/aromatic N) is 1. The smallest absolute Gasteiger partial charge is 0.337 e. The van der Waals surface area contributed by atoms with Gasteiger partial charge in [-0.3, -0.25) is 5.43 Å². The van der Waals surface area contributed by atoms with E-state index in [2.05, 4.69) is 43.8 Å². The number of aliphatic hydroxyl groups is 1. The fourth-order valence-electron chi connectivity index (χ4n) is 4.56. The van der Waals surface area contributed by atoms with Crippen molar-refractivity contribution in [3.63, 3.8) is 0 Å². The second-order valence-corrected chi connectivity index (χ2v) is 12.0. The van der Waals surface area contributed by atoms with Crippen LogP contribution in [0.1, 0.15) is 36.6 Å². The number of esters is 1. The van der Waals surface area contributed by atoms with E-state index in [1.165, 1.54) is 20.4 Å². The number of amides is 2. The maximum Gasteiger partial charge on any atom is 0.337 e. The number of rotatable bonds is 14. The van der Waals surface area contributed by atoms with Crippen LogP contribution in [-0.2, 0) is 16.1 Å². The number of carbonyl (C=O) groups is 2. The number of benzene rings is 3. The fourth-order valence-corrected chi connectivity index (χ4v) is 5.81. The molecule has 0 spiro atoms. The molecular formula is C32H33Cl2IN4O8. The molecule has 47 heavy (non-hydrogen) atoms. The van der Waals surface area contributed by atoms with E-state index in [0.717, 1.165) is 9.13 Å². The molecule has 0 radical (unpaired) electrons. The highest BCUT2D eigenvalue weighted by Gasteiger charge is 2.32. The molecule has 0 saturated carbocycles. The summed E-state index contributed by atoms with van der Waals surface area (Å²) in [6, 6.07) is 12.6. The average Bonchev–Trinajstić information content (AvgIpc) is 3.03. The summed E-state index contributed by atoms with van der Waals surface area (Å²) in [5.74, 6) is 1.16. The number of aliphatic hydroxyl groups excluding tert-OH is 1. The molecular weight excluding hydrogens is 766 g/mol. The van der Waals surface area contributed by atoms with Crippen molar-refractivity contribution in [2.45, 2.75) is 32.7 Å². The Morgan fingerprint density at radius 3 is 2.57 bits per heavy atom. The van der Waals surface area contributed by atoms with Crippen LogP contribution in [0, 0.1) is 3.57 Å². The summed E-state index contributed by atoms with van der Waals surface area (Å²) in [6.45, 7) is 3.80. The van der Waals surface area contributed by atoms with Gasteiger partial charge < -0.3 is 39.4 Å². The van der Waals surface area contributed by atoms with Crippen molar-refractivity contribution < 1.29 is 38.4 Å². The second-order valence-electron chi connectivity index (χ2n) is 9.97. The molecule has 15 heteroatoms. The van der Waals surface area contributed by atoms with E-state index in [9.17, 15) is 14.7 Å². The third-order valence-corrected chi connectivity index (χ3v) is 8.14. The Morgan fingerprint density at radius 1 is 1.09 bits per heavy atom. The van der Waals surface area contributed by atoms with Crippen molar-refractivity contribution in [2.75, 3.05) is 27.4 Å². The van der Waals surface area contributed by atoms with E-state index < -0.39 is 24.3 Å². The van der Waals surface area contributed by atoms with Crippen LogP contribution in [0.2, 0.25) is 10.0 Å². The van der Waals surface area contributed by atoms with Crippen LogP contribution in [0.25, 0.3) is 0 Å². The van der Waals surface area contributed by atoms with Gasteiger partial charge in [0.25, 0.3) is 0 Å². The number of ether oxygens (including phenoxy) is 5. The number of hydrogen-bond donors (Lipinski definition) is 4. The Hall–Kier alpha value is -3.92. The minimum atomic E-state index is -1.17. The number of hydrazone groups is 1. The zero-order chi connectivity index (χ0) is 34.1. The number of nitrogens with one attached hydrogen (secondary N) is 3. The first-order valence-electron chi connectivity index (χ1n) is 14.2. The zero-order valence-electron chi connectivity index (χ0n) is 25.9. The number of allylic oxidation sites excluding steroid dienone is 1. The highest BCUT2D eigenvalue weighted by atomic mass is 127. The van der Waals surface area contributed by atoms with Gasteiger partial charge in [-0.2, -0.15) is 5.10 Å². The Bertz CT molecular complexity index is 1690. The Labute approximate surface area is 295 Å². The van der Waals surface area contributed by atoms with Gasteiger partial charge >= 0.3 is 12.0 Å². The van der Waals surface area contributed by atoms with Crippen molar-refractivity contribution in [1.82, 2.24) is 16.1 Å². The molecule has 0 bridgehead atoms. The Balaban J connectivity index is 1.39. The molecule has 0 unspecified atom stereocenters. The lowest BCUT2D eigenvalue weighted by Crippen LogP contribution is -2.45. The van der Waals surface area contributed by atoms with Crippen LogP contribution in [0.4, 0.5) is 4.79 Å². The average molecular weight is 799 g/mol. The SMILES string of the molecule is CCOc1cc([C@@H]2NC(=O)NC(C)=C2C(=O)OC)ccc1OC[C@@H](O)N/N=C\c1cc(I)c(OCc2ccc(Cl)cc2Cl)c(OC)c1. The van der Waals surface area contributed by atoms with Gasteiger partial charge in [0.05, 0.1) is 42.2 Å². The minimum Gasteiger partial charge on any atom is -0.493 e. The van der Waals surface area contributed by atoms with Gasteiger partial charge in [0.15, 0.2) is 29.2 Å². The van der Waals surface area contributed by atoms with E-state index in [1.807, 2.05) is 13.0 Å². The van der Waals surface area contributed by atoms with E-state index in [-0.39, 0.29) is 18.8 Å². The molecule has 1 heterocycles. The number of urea groups is 1.